The Labute approximate surface area is 128 Å². The summed E-state index contributed by atoms with van der Waals surface area (Å²) in [6.07, 6.45) is 2.97. The van der Waals surface area contributed by atoms with Crippen LogP contribution in [0, 0.1) is 10.1 Å². The fraction of sp³-hybridized carbons (Fsp3) is 0.286. The van der Waals surface area contributed by atoms with E-state index in [0.717, 1.165) is 5.56 Å². The normalized spacial score (nSPS) is 11.7. The van der Waals surface area contributed by atoms with Crippen LogP contribution in [0.4, 0.5) is 5.69 Å². The van der Waals surface area contributed by atoms with Crippen LogP contribution in [0.1, 0.15) is 18.1 Å². The molecule has 0 unspecified atom stereocenters. The van der Waals surface area contributed by atoms with Gasteiger partial charge in [0.1, 0.15) is 0 Å². The van der Waals surface area contributed by atoms with Crippen LogP contribution in [0.25, 0.3) is 0 Å². The maximum absolute atomic E-state index is 12.5. The lowest BCUT2D eigenvalue weighted by Crippen LogP contribution is -2.31. The molecule has 22 heavy (non-hydrogen) atoms. The molecule has 0 saturated heterocycles. The average Bonchev–Trinajstić information content (AvgIpc) is 2.97. The number of benzene rings is 1. The molecule has 2 aromatic rings. The fourth-order valence-corrected chi connectivity index (χ4v) is 3.58. The number of nitro benzene ring substituents is 1. The fourth-order valence-electron chi connectivity index (χ4n) is 2.05. The van der Waals surface area contributed by atoms with E-state index in [0.29, 0.717) is 12.1 Å². The minimum absolute atomic E-state index is 0.120. The standard InChI is InChI=1S/C14H16N2O5S/c1-2-15(9-13-6-7-21-10-13)22(19,20)11-12-4-3-5-14(8-12)16(17)18/h3-8,10H,2,9,11H2,1H3. The molecule has 0 aliphatic rings. The summed E-state index contributed by atoms with van der Waals surface area (Å²) in [5, 5.41) is 10.8. The maximum Gasteiger partial charge on any atom is 0.269 e. The van der Waals surface area contributed by atoms with Gasteiger partial charge in [0.05, 0.1) is 23.2 Å². The largest absolute Gasteiger partial charge is 0.472 e. The molecular formula is C14H16N2O5S. The van der Waals surface area contributed by atoms with Crippen LogP contribution in [-0.2, 0) is 22.3 Å². The molecule has 0 spiro atoms. The van der Waals surface area contributed by atoms with E-state index >= 15 is 0 Å². The molecule has 1 aromatic carbocycles. The smallest absolute Gasteiger partial charge is 0.269 e. The van der Waals surface area contributed by atoms with Gasteiger partial charge in [-0.1, -0.05) is 19.1 Å². The molecule has 1 aromatic heterocycles. The zero-order valence-electron chi connectivity index (χ0n) is 12.0. The minimum atomic E-state index is -3.57. The van der Waals surface area contributed by atoms with E-state index in [1.54, 1.807) is 19.1 Å². The van der Waals surface area contributed by atoms with Gasteiger partial charge in [-0.15, -0.1) is 0 Å². The zero-order valence-corrected chi connectivity index (χ0v) is 12.8. The van der Waals surface area contributed by atoms with E-state index in [4.69, 9.17) is 4.42 Å². The highest BCUT2D eigenvalue weighted by Crippen LogP contribution is 2.18. The number of rotatable bonds is 7. The van der Waals surface area contributed by atoms with Crippen LogP contribution < -0.4 is 0 Å². The molecule has 0 aliphatic heterocycles. The second-order valence-corrected chi connectivity index (χ2v) is 6.71. The first-order valence-corrected chi connectivity index (χ1v) is 8.25. The maximum atomic E-state index is 12.5. The van der Waals surface area contributed by atoms with Crippen molar-refractivity contribution in [2.45, 2.75) is 19.2 Å². The Morgan fingerprint density at radius 3 is 2.64 bits per heavy atom. The first-order chi connectivity index (χ1) is 10.4. The molecular weight excluding hydrogens is 308 g/mol. The average molecular weight is 324 g/mol. The lowest BCUT2D eigenvalue weighted by molar-refractivity contribution is -0.384. The molecule has 0 aliphatic carbocycles. The van der Waals surface area contributed by atoms with Crippen molar-refractivity contribution in [2.75, 3.05) is 6.54 Å². The third-order valence-corrected chi connectivity index (χ3v) is 5.03. The van der Waals surface area contributed by atoms with E-state index in [2.05, 4.69) is 0 Å². The van der Waals surface area contributed by atoms with Crippen molar-refractivity contribution in [1.82, 2.24) is 4.31 Å². The molecule has 118 valence electrons. The highest BCUT2D eigenvalue weighted by molar-refractivity contribution is 7.88. The molecule has 0 radical (unpaired) electrons. The molecule has 0 bridgehead atoms. The Morgan fingerprint density at radius 2 is 2.05 bits per heavy atom. The molecule has 2 rings (SSSR count). The third kappa shape index (κ3) is 3.92. The lowest BCUT2D eigenvalue weighted by atomic mass is 10.2. The number of non-ortho nitro benzene ring substituents is 1. The van der Waals surface area contributed by atoms with Crippen molar-refractivity contribution >= 4 is 15.7 Å². The topological polar surface area (TPSA) is 93.7 Å². The monoisotopic (exact) mass is 324 g/mol. The lowest BCUT2D eigenvalue weighted by Gasteiger charge is -2.19. The van der Waals surface area contributed by atoms with Gasteiger partial charge in [0.25, 0.3) is 5.69 Å². The zero-order chi connectivity index (χ0) is 16.2. The number of nitro groups is 1. The van der Waals surface area contributed by atoms with Crippen molar-refractivity contribution in [3.8, 4) is 0 Å². The molecule has 8 heteroatoms. The Balaban J connectivity index is 2.18. The molecule has 0 N–H and O–H groups in total. The first kappa shape index (κ1) is 16.2. The van der Waals surface area contributed by atoms with Gasteiger partial charge in [-0.05, 0) is 11.6 Å². The van der Waals surface area contributed by atoms with Gasteiger partial charge in [0.2, 0.25) is 10.0 Å². The van der Waals surface area contributed by atoms with Gasteiger partial charge in [-0.25, -0.2) is 8.42 Å². The molecule has 0 atom stereocenters. The van der Waals surface area contributed by atoms with Crippen molar-refractivity contribution in [2.24, 2.45) is 0 Å². The number of sulfonamides is 1. The van der Waals surface area contributed by atoms with Crippen molar-refractivity contribution in [3.63, 3.8) is 0 Å². The number of furan rings is 1. The SMILES string of the molecule is CCN(Cc1ccoc1)S(=O)(=O)Cc1cccc([N+](=O)[O-])c1. The number of hydrogen-bond donors (Lipinski definition) is 0. The van der Waals surface area contributed by atoms with Crippen LogP contribution in [0.3, 0.4) is 0 Å². The summed E-state index contributed by atoms with van der Waals surface area (Å²) in [5.41, 5.74) is 1.02. The number of nitrogens with zero attached hydrogens (tertiary/aromatic N) is 2. The predicted molar refractivity (Wildman–Crippen MR) is 80.5 cm³/mol. The van der Waals surface area contributed by atoms with Gasteiger partial charge in [-0.2, -0.15) is 4.31 Å². The van der Waals surface area contributed by atoms with Gasteiger partial charge < -0.3 is 4.42 Å². The minimum Gasteiger partial charge on any atom is -0.472 e. The number of hydrogen-bond acceptors (Lipinski definition) is 5. The molecule has 1 heterocycles. The summed E-state index contributed by atoms with van der Waals surface area (Å²) < 4.78 is 31.2. The molecule has 0 saturated carbocycles. The Bertz CT molecular complexity index is 740. The van der Waals surface area contributed by atoms with Gasteiger partial charge in [0, 0.05) is 30.8 Å². The first-order valence-electron chi connectivity index (χ1n) is 6.64. The van der Waals surface area contributed by atoms with Crippen molar-refractivity contribution in [1.29, 1.82) is 0 Å². The van der Waals surface area contributed by atoms with E-state index in [1.165, 1.54) is 35.0 Å². The summed E-state index contributed by atoms with van der Waals surface area (Å²) in [6.45, 7) is 2.26. The van der Waals surface area contributed by atoms with Gasteiger partial charge >= 0.3 is 0 Å². The van der Waals surface area contributed by atoms with Crippen LogP contribution in [-0.4, -0.2) is 24.2 Å². The molecule has 0 amide bonds. The van der Waals surface area contributed by atoms with Crippen LogP contribution in [0.15, 0.2) is 47.3 Å². The second kappa shape index (κ2) is 6.71. The quantitative estimate of drug-likeness (QED) is 0.576. The Morgan fingerprint density at radius 1 is 1.27 bits per heavy atom. The summed E-state index contributed by atoms with van der Waals surface area (Å²) >= 11 is 0. The molecule has 7 nitrogen and oxygen atoms in total. The van der Waals surface area contributed by atoms with Gasteiger partial charge in [-0.3, -0.25) is 10.1 Å². The van der Waals surface area contributed by atoms with E-state index in [1.807, 2.05) is 0 Å². The highest BCUT2D eigenvalue weighted by Gasteiger charge is 2.22. The van der Waals surface area contributed by atoms with Gasteiger partial charge in [0.15, 0.2) is 0 Å². The summed E-state index contributed by atoms with van der Waals surface area (Å²) in [4.78, 5) is 10.2. The molecule has 0 fully saturated rings. The Kier molecular flexibility index (Phi) is 4.94. The third-order valence-electron chi connectivity index (χ3n) is 3.16. The van der Waals surface area contributed by atoms with E-state index in [9.17, 15) is 18.5 Å². The van der Waals surface area contributed by atoms with Crippen LogP contribution >= 0.6 is 0 Å². The summed E-state index contributed by atoms with van der Waals surface area (Å²) in [5.74, 6) is -0.277. The van der Waals surface area contributed by atoms with E-state index in [-0.39, 0.29) is 18.0 Å². The Hall–Kier alpha value is -2.19. The van der Waals surface area contributed by atoms with Crippen molar-refractivity contribution < 1.29 is 17.8 Å². The summed E-state index contributed by atoms with van der Waals surface area (Å²) in [6, 6.07) is 7.36. The summed E-state index contributed by atoms with van der Waals surface area (Å²) in [7, 11) is -3.57. The van der Waals surface area contributed by atoms with Crippen molar-refractivity contribution in [3.05, 3.63) is 64.1 Å². The predicted octanol–water partition coefficient (Wildman–Crippen LogP) is 2.54. The van der Waals surface area contributed by atoms with E-state index < -0.39 is 14.9 Å². The van der Waals surface area contributed by atoms with Crippen LogP contribution in [0.5, 0.6) is 0 Å². The highest BCUT2D eigenvalue weighted by atomic mass is 32.2. The van der Waals surface area contributed by atoms with Crippen LogP contribution in [0.2, 0.25) is 0 Å². The second-order valence-electron chi connectivity index (χ2n) is 4.74.